The van der Waals surface area contributed by atoms with Crippen LogP contribution >= 0.6 is 11.3 Å². The van der Waals surface area contributed by atoms with E-state index in [9.17, 15) is 4.79 Å². The van der Waals surface area contributed by atoms with Gasteiger partial charge in [-0.15, -0.1) is 11.3 Å². The monoisotopic (exact) mass is 306 g/mol. The van der Waals surface area contributed by atoms with Gasteiger partial charge in [0.1, 0.15) is 16.8 Å². The highest BCUT2D eigenvalue weighted by atomic mass is 32.1. The molecule has 0 aliphatic heterocycles. The quantitative estimate of drug-likeness (QED) is 0.805. The predicted molar refractivity (Wildman–Crippen MR) is 84.5 cm³/mol. The molecule has 106 valence electrons. The van der Waals surface area contributed by atoms with Crippen molar-refractivity contribution in [2.45, 2.75) is 0 Å². The first kappa shape index (κ1) is 13.9. The third-order valence-electron chi connectivity index (χ3n) is 2.92. The summed E-state index contributed by atoms with van der Waals surface area (Å²) in [6.07, 6.45) is 1.68. The highest BCUT2D eigenvalue weighted by Gasteiger charge is 2.13. The number of rotatable bonds is 3. The molecule has 3 rings (SSSR count). The third kappa shape index (κ3) is 2.85. The molecular weight excluding hydrogens is 296 g/mol. The van der Waals surface area contributed by atoms with Gasteiger partial charge in [0.2, 0.25) is 0 Å². The minimum atomic E-state index is -0.346. The molecule has 0 radical (unpaired) electrons. The first-order valence-electron chi connectivity index (χ1n) is 6.45. The minimum absolute atomic E-state index is 0.304. The van der Waals surface area contributed by atoms with Crippen LogP contribution in [0.4, 0.5) is 5.69 Å². The van der Waals surface area contributed by atoms with Gasteiger partial charge in [-0.05, 0) is 24.3 Å². The highest BCUT2D eigenvalue weighted by molar-refractivity contribution is 7.13. The fourth-order valence-electron chi connectivity index (χ4n) is 1.86. The van der Waals surface area contributed by atoms with Crippen LogP contribution in [0.2, 0.25) is 0 Å². The fourth-order valence-corrected chi connectivity index (χ4v) is 2.64. The molecule has 0 fully saturated rings. The van der Waals surface area contributed by atoms with Crippen molar-refractivity contribution in [3.63, 3.8) is 0 Å². The number of nitrogens with zero attached hydrogens (tertiary/aromatic N) is 3. The number of amides is 1. The van der Waals surface area contributed by atoms with Crippen molar-refractivity contribution in [3.8, 4) is 16.8 Å². The summed E-state index contributed by atoms with van der Waals surface area (Å²) >= 11 is 1.35. The molecule has 0 saturated carbocycles. The van der Waals surface area contributed by atoms with E-state index in [0.29, 0.717) is 22.0 Å². The van der Waals surface area contributed by atoms with Crippen LogP contribution in [0.5, 0.6) is 0 Å². The Morgan fingerprint density at radius 2 is 2.00 bits per heavy atom. The number of hydrogen-bond acceptors (Lipinski definition) is 5. The van der Waals surface area contributed by atoms with Gasteiger partial charge in [-0.2, -0.15) is 5.26 Å². The van der Waals surface area contributed by atoms with Crippen molar-refractivity contribution >= 4 is 22.9 Å². The predicted octanol–water partition coefficient (Wildman–Crippen LogP) is 3.33. The smallest absolute Gasteiger partial charge is 0.275 e. The SMILES string of the molecule is N#Cc1ccccc1NC(=O)c1csc(-c2ccccn2)n1. The van der Waals surface area contributed by atoms with E-state index < -0.39 is 0 Å². The average Bonchev–Trinajstić information content (AvgIpc) is 3.06. The Balaban J connectivity index is 1.82. The van der Waals surface area contributed by atoms with Gasteiger partial charge in [0, 0.05) is 11.6 Å². The molecule has 2 aromatic heterocycles. The summed E-state index contributed by atoms with van der Waals surface area (Å²) in [5, 5.41) is 14.1. The molecule has 22 heavy (non-hydrogen) atoms. The molecule has 6 heteroatoms. The number of hydrogen-bond donors (Lipinski definition) is 1. The Hall–Kier alpha value is -3.04. The number of nitrogens with one attached hydrogen (secondary N) is 1. The molecule has 5 nitrogen and oxygen atoms in total. The third-order valence-corrected chi connectivity index (χ3v) is 3.78. The molecule has 0 bridgehead atoms. The molecule has 0 atom stereocenters. The summed E-state index contributed by atoms with van der Waals surface area (Å²) in [5.74, 6) is -0.346. The Kier molecular flexibility index (Phi) is 3.90. The largest absolute Gasteiger partial charge is 0.319 e. The molecule has 0 saturated heterocycles. The lowest BCUT2D eigenvalue weighted by atomic mass is 10.2. The molecule has 1 aromatic carbocycles. The van der Waals surface area contributed by atoms with Gasteiger partial charge in [-0.1, -0.05) is 18.2 Å². The topological polar surface area (TPSA) is 78.7 Å². The summed E-state index contributed by atoms with van der Waals surface area (Å²) in [7, 11) is 0. The van der Waals surface area contributed by atoms with E-state index >= 15 is 0 Å². The van der Waals surface area contributed by atoms with Crippen LogP contribution in [-0.4, -0.2) is 15.9 Å². The summed E-state index contributed by atoms with van der Waals surface area (Å²) in [6, 6.07) is 14.4. The second-order valence-electron chi connectivity index (χ2n) is 4.36. The first-order valence-corrected chi connectivity index (χ1v) is 7.33. The summed E-state index contributed by atoms with van der Waals surface area (Å²) < 4.78 is 0. The number of nitriles is 1. The first-order chi connectivity index (χ1) is 10.8. The van der Waals surface area contributed by atoms with Crippen molar-refractivity contribution in [3.05, 3.63) is 65.3 Å². The fraction of sp³-hybridized carbons (Fsp3) is 0. The molecular formula is C16H10N4OS. The van der Waals surface area contributed by atoms with Gasteiger partial charge >= 0.3 is 0 Å². The van der Waals surface area contributed by atoms with E-state index in [-0.39, 0.29) is 5.91 Å². The van der Waals surface area contributed by atoms with E-state index in [4.69, 9.17) is 5.26 Å². The standard InChI is InChI=1S/C16H10N4OS/c17-9-11-5-1-2-6-12(11)19-15(21)14-10-22-16(20-14)13-7-3-4-8-18-13/h1-8,10H,(H,19,21). The molecule has 0 spiro atoms. The summed E-state index contributed by atoms with van der Waals surface area (Å²) in [4.78, 5) is 20.7. The van der Waals surface area contributed by atoms with Crippen LogP contribution in [-0.2, 0) is 0 Å². The zero-order chi connectivity index (χ0) is 15.4. The van der Waals surface area contributed by atoms with Gasteiger partial charge in [-0.25, -0.2) is 4.98 Å². The number of carbonyl (C=O) groups is 1. The Bertz CT molecular complexity index is 852. The number of benzene rings is 1. The van der Waals surface area contributed by atoms with Gasteiger partial charge in [0.15, 0.2) is 0 Å². The van der Waals surface area contributed by atoms with Gasteiger partial charge in [0.05, 0.1) is 16.9 Å². The maximum Gasteiger partial charge on any atom is 0.275 e. The molecule has 1 N–H and O–H groups in total. The summed E-state index contributed by atoms with van der Waals surface area (Å²) in [5.41, 5.74) is 1.92. The van der Waals surface area contributed by atoms with Crippen molar-refractivity contribution < 1.29 is 4.79 Å². The van der Waals surface area contributed by atoms with Crippen molar-refractivity contribution in [1.29, 1.82) is 5.26 Å². The molecule has 2 heterocycles. The van der Waals surface area contributed by atoms with Crippen LogP contribution in [0.25, 0.3) is 10.7 Å². The van der Waals surface area contributed by atoms with E-state index in [1.165, 1.54) is 11.3 Å². The van der Waals surface area contributed by atoms with Gasteiger partial charge in [0.25, 0.3) is 5.91 Å². The number of anilines is 1. The highest BCUT2D eigenvalue weighted by Crippen LogP contribution is 2.22. The molecule has 3 aromatic rings. The summed E-state index contributed by atoms with van der Waals surface area (Å²) in [6.45, 7) is 0. The maximum atomic E-state index is 12.2. The van der Waals surface area contributed by atoms with E-state index in [0.717, 1.165) is 5.69 Å². The lowest BCUT2D eigenvalue weighted by Gasteiger charge is -2.04. The number of pyridine rings is 1. The van der Waals surface area contributed by atoms with Crippen LogP contribution in [0.1, 0.15) is 16.1 Å². The van der Waals surface area contributed by atoms with E-state index in [1.54, 1.807) is 35.8 Å². The van der Waals surface area contributed by atoms with Crippen LogP contribution in [0.3, 0.4) is 0 Å². The van der Waals surface area contributed by atoms with Gasteiger partial charge in [-0.3, -0.25) is 9.78 Å². The zero-order valence-electron chi connectivity index (χ0n) is 11.4. The van der Waals surface area contributed by atoms with Crippen molar-refractivity contribution in [2.24, 2.45) is 0 Å². The normalized spacial score (nSPS) is 9.95. The Labute approximate surface area is 130 Å². The molecule has 0 aliphatic carbocycles. The van der Waals surface area contributed by atoms with Gasteiger partial charge < -0.3 is 5.32 Å². The maximum absolute atomic E-state index is 12.2. The Morgan fingerprint density at radius 3 is 2.77 bits per heavy atom. The number of thiazole rings is 1. The van der Waals surface area contributed by atoms with Crippen molar-refractivity contribution in [2.75, 3.05) is 5.32 Å². The number of carbonyl (C=O) groups excluding carboxylic acids is 1. The second-order valence-corrected chi connectivity index (χ2v) is 5.22. The van der Waals surface area contributed by atoms with Crippen LogP contribution in [0.15, 0.2) is 54.0 Å². The zero-order valence-corrected chi connectivity index (χ0v) is 12.2. The second kappa shape index (κ2) is 6.16. The Morgan fingerprint density at radius 1 is 1.18 bits per heavy atom. The lowest BCUT2D eigenvalue weighted by molar-refractivity contribution is 0.102. The molecule has 0 unspecified atom stereocenters. The van der Waals surface area contributed by atoms with E-state index in [2.05, 4.69) is 15.3 Å². The van der Waals surface area contributed by atoms with Crippen LogP contribution in [0, 0.1) is 11.3 Å². The van der Waals surface area contributed by atoms with E-state index in [1.807, 2.05) is 24.3 Å². The average molecular weight is 306 g/mol. The molecule has 1 amide bonds. The van der Waals surface area contributed by atoms with Crippen LogP contribution < -0.4 is 5.32 Å². The molecule has 0 aliphatic rings. The minimum Gasteiger partial charge on any atom is -0.319 e. The van der Waals surface area contributed by atoms with Crippen molar-refractivity contribution in [1.82, 2.24) is 9.97 Å². The lowest BCUT2D eigenvalue weighted by Crippen LogP contribution is -2.13. The number of aromatic nitrogens is 2. The number of para-hydroxylation sites is 1.